The van der Waals surface area contributed by atoms with E-state index >= 15 is 0 Å². The maximum absolute atomic E-state index is 12.5. The number of aromatic amines is 1. The van der Waals surface area contributed by atoms with Gasteiger partial charge < -0.3 is 5.73 Å². The van der Waals surface area contributed by atoms with Crippen molar-refractivity contribution in [2.24, 2.45) is 5.73 Å². The molecule has 9 heteroatoms. The number of nitrogens with zero attached hydrogens (tertiary/aromatic N) is 2. The van der Waals surface area contributed by atoms with E-state index in [4.69, 9.17) is 11.0 Å². The number of H-pyrrole nitrogens is 1. The standard InChI is InChI=1S/C10H13F3N4OS/c1-2-3-4-6(15)8-9(7(5-14)16-17-8)19(18)10(11,12)13/h6H,2-4,15H2,1H3,(H,16,17). The maximum Gasteiger partial charge on any atom is 0.476 e. The van der Waals surface area contributed by atoms with E-state index in [-0.39, 0.29) is 5.69 Å². The molecular formula is C10H13F3N4OS. The summed E-state index contributed by atoms with van der Waals surface area (Å²) in [6.45, 7) is 1.91. The Hall–Kier alpha value is -1.40. The third kappa shape index (κ3) is 3.54. The molecule has 0 aliphatic carbocycles. The molecule has 2 atom stereocenters. The topological polar surface area (TPSA) is 95.6 Å². The third-order valence-electron chi connectivity index (χ3n) is 2.49. The Morgan fingerprint density at radius 2 is 2.21 bits per heavy atom. The van der Waals surface area contributed by atoms with E-state index in [1.165, 1.54) is 6.07 Å². The minimum atomic E-state index is -4.95. The Morgan fingerprint density at radius 3 is 2.68 bits per heavy atom. The summed E-state index contributed by atoms with van der Waals surface area (Å²) >= 11 is 0. The molecule has 1 aromatic rings. The van der Waals surface area contributed by atoms with Crippen LogP contribution in [0.25, 0.3) is 0 Å². The van der Waals surface area contributed by atoms with Crippen LogP contribution in [-0.2, 0) is 10.8 Å². The molecule has 1 heterocycles. The van der Waals surface area contributed by atoms with Gasteiger partial charge in [0.05, 0.1) is 5.69 Å². The van der Waals surface area contributed by atoms with Crippen molar-refractivity contribution in [2.75, 3.05) is 0 Å². The fourth-order valence-electron chi connectivity index (χ4n) is 1.54. The average Bonchev–Trinajstić information content (AvgIpc) is 2.77. The van der Waals surface area contributed by atoms with Gasteiger partial charge in [-0.1, -0.05) is 19.8 Å². The lowest BCUT2D eigenvalue weighted by atomic mass is 10.1. The second-order valence-electron chi connectivity index (χ2n) is 3.89. The van der Waals surface area contributed by atoms with Gasteiger partial charge in [0.15, 0.2) is 16.5 Å². The molecule has 0 aliphatic rings. The zero-order valence-electron chi connectivity index (χ0n) is 10.1. The number of aromatic nitrogens is 2. The largest absolute Gasteiger partial charge is 0.476 e. The van der Waals surface area contributed by atoms with Crippen LogP contribution >= 0.6 is 0 Å². The molecule has 1 aromatic heterocycles. The highest BCUT2D eigenvalue weighted by molar-refractivity contribution is 7.86. The summed E-state index contributed by atoms with van der Waals surface area (Å²) in [6.07, 6.45) is 1.95. The van der Waals surface area contributed by atoms with E-state index in [1.807, 2.05) is 6.92 Å². The van der Waals surface area contributed by atoms with Gasteiger partial charge in [0.25, 0.3) is 0 Å². The lowest BCUT2D eigenvalue weighted by molar-refractivity contribution is -0.0385. The molecule has 2 unspecified atom stereocenters. The van der Waals surface area contributed by atoms with Crippen molar-refractivity contribution in [1.29, 1.82) is 5.26 Å². The monoisotopic (exact) mass is 294 g/mol. The van der Waals surface area contributed by atoms with E-state index in [0.29, 0.717) is 12.8 Å². The summed E-state index contributed by atoms with van der Waals surface area (Å²) in [6, 6.07) is 0.735. The van der Waals surface area contributed by atoms with Crippen LogP contribution in [0.5, 0.6) is 0 Å². The van der Waals surface area contributed by atoms with Crippen molar-refractivity contribution in [2.45, 2.75) is 42.6 Å². The number of rotatable bonds is 5. The van der Waals surface area contributed by atoms with Gasteiger partial charge in [-0.3, -0.25) is 5.10 Å². The molecule has 0 aliphatic heterocycles. The summed E-state index contributed by atoms with van der Waals surface area (Å²) in [5.74, 6) is 0. The normalized spacial score (nSPS) is 14.9. The highest BCUT2D eigenvalue weighted by Crippen LogP contribution is 2.32. The number of alkyl halides is 3. The molecule has 0 aromatic carbocycles. The predicted molar refractivity (Wildman–Crippen MR) is 62.2 cm³/mol. The summed E-state index contributed by atoms with van der Waals surface area (Å²) < 4.78 is 49.0. The molecule has 0 radical (unpaired) electrons. The van der Waals surface area contributed by atoms with Gasteiger partial charge in [-0.15, -0.1) is 0 Å². The van der Waals surface area contributed by atoms with Gasteiger partial charge in [0, 0.05) is 6.04 Å². The number of nitrogens with one attached hydrogen (secondary N) is 1. The zero-order valence-corrected chi connectivity index (χ0v) is 10.9. The molecule has 0 saturated carbocycles. The number of halogens is 3. The van der Waals surface area contributed by atoms with Crippen LogP contribution in [0.2, 0.25) is 0 Å². The van der Waals surface area contributed by atoms with E-state index < -0.39 is 32.9 Å². The first-order chi connectivity index (χ1) is 8.82. The minimum absolute atomic E-state index is 0.0827. The van der Waals surface area contributed by atoms with Crippen molar-refractivity contribution in [3.8, 4) is 6.07 Å². The molecule has 106 valence electrons. The average molecular weight is 294 g/mol. The first-order valence-corrected chi connectivity index (χ1v) is 6.70. The highest BCUT2D eigenvalue weighted by atomic mass is 32.2. The number of hydrogen-bond acceptors (Lipinski definition) is 4. The Kier molecular flexibility index (Phi) is 5.08. The number of nitriles is 1. The third-order valence-corrected chi connectivity index (χ3v) is 3.69. The molecule has 1 rings (SSSR count). The second kappa shape index (κ2) is 6.16. The van der Waals surface area contributed by atoms with E-state index in [0.717, 1.165) is 6.42 Å². The van der Waals surface area contributed by atoms with E-state index in [9.17, 15) is 17.4 Å². The van der Waals surface area contributed by atoms with Crippen LogP contribution in [0, 0.1) is 11.3 Å². The molecule has 0 amide bonds. The number of hydrogen-bond donors (Lipinski definition) is 2. The Morgan fingerprint density at radius 1 is 1.58 bits per heavy atom. The quantitative estimate of drug-likeness (QED) is 0.869. The molecule has 5 nitrogen and oxygen atoms in total. The minimum Gasteiger partial charge on any atom is -0.323 e. The maximum atomic E-state index is 12.5. The van der Waals surface area contributed by atoms with Gasteiger partial charge in [0.1, 0.15) is 11.0 Å². The lowest BCUT2D eigenvalue weighted by Crippen LogP contribution is -2.20. The molecule has 0 fully saturated rings. The lowest BCUT2D eigenvalue weighted by Gasteiger charge is -2.12. The number of nitrogens with two attached hydrogens (primary N) is 1. The van der Waals surface area contributed by atoms with Crippen LogP contribution in [-0.4, -0.2) is 19.9 Å². The molecule has 0 spiro atoms. The van der Waals surface area contributed by atoms with E-state index in [1.54, 1.807) is 0 Å². The molecule has 0 saturated heterocycles. The number of unbranched alkanes of at least 4 members (excludes halogenated alkanes) is 1. The Bertz CT molecular complexity index is 506. The zero-order chi connectivity index (χ0) is 14.6. The van der Waals surface area contributed by atoms with Crippen LogP contribution in [0.4, 0.5) is 13.2 Å². The van der Waals surface area contributed by atoms with Crippen LogP contribution in [0.1, 0.15) is 43.6 Å². The first kappa shape index (κ1) is 15.7. The fraction of sp³-hybridized carbons (Fsp3) is 0.600. The molecule has 0 bridgehead atoms. The van der Waals surface area contributed by atoms with Crippen LogP contribution < -0.4 is 5.73 Å². The van der Waals surface area contributed by atoms with Gasteiger partial charge in [-0.2, -0.15) is 23.5 Å². The van der Waals surface area contributed by atoms with E-state index in [2.05, 4.69) is 10.2 Å². The van der Waals surface area contributed by atoms with Crippen molar-refractivity contribution >= 4 is 10.8 Å². The van der Waals surface area contributed by atoms with Gasteiger partial charge in [-0.25, -0.2) is 4.21 Å². The van der Waals surface area contributed by atoms with Crippen molar-refractivity contribution in [3.63, 3.8) is 0 Å². The van der Waals surface area contributed by atoms with Crippen molar-refractivity contribution in [3.05, 3.63) is 11.4 Å². The summed E-state index contributed by atoms with van der Waals surface area (Å²) in [5.41, 5.74) is 0.186. The molecule has 3 N–H and O–H groups in total. The summed E-state index contributed by atoms with van der Waals surface area (Å²) in [5, 5.41) is 14.5. The second-order valence-corrected chi connectivity index (χ2v) is 5.30. The van der Waals surface area contributed by atoms with Crippen LogP contribution in [0.3, 0.4) is 0 Å². The molecule has 19 heavy (non-hydrogen) atoms. The Labute approximate surface area is 110 Å². The van der Waals surface area contributed by atoms with Crippen molar-refractivity contribution < 1.29 is 17.4 Å². The van der Waals surface area contributed by atoms with Crippen LogP contribution in [0.15, 0.2) is 4.90 Å². The summed E-state index contributed by atoms with van der Waals surface area (Å²) in [4.78, 5) is -0.654. The SMILES string of the molecule is CCCCC(N)c1[nH]nc(C#N)c1S(=O)C(F)(F)F. The first-order valence-electron chi connectivity index (χ1n) is 5.55. The van der Waals surface area contributed by atoms with Gasteiger partial charge >= 0.3 is 5.51 Å². The van der Waals surface area contributed by atoms with Gasteiger partial charge in [0.2, 0.25) is 0 Å². The highest BCUT2D eigenvalue weighted by Gasteiger charge is 2.42. The fourth-order valence-corrected chi connectivity index (χ4v) is 2.44. The van der Waals surface area contributed by atoms with Crippen molar-refractivity contribution in [1.82, 2.24) is 10.2 Å². The smallest absolute Gasteiger partial charge is 0.323 e. The predicted octanol–water partition coefficient (Wildman–Crippen LogP) is 2.10. The molecular weight excluding hydrogens is 281 g/mol. The summed E-state index contributed by atoms with van der Waals surface area (Å²) in [7, 11) is -3.31. The Balaban J connectivity index is 3.18. The van der Waals surface area contributed by atoms with Gasteiger partial charge in [-0.05, 0) is 6.42 Å².